The molecule has 0 unspecified atom stereocenters. The highest BCUT2D eigenvalue weighted by molar-refractivity contribution is 5.37. The van der Waals surface area contributed by atoms with Gasteiger partial charge in [-0.2, -0.15) is 10.5 Å². The van der Waals surface area contributed by atoms with Gasteiger partial charge in [0.15, 0.2) is 0 Å². The van der Waals surface area contributed by atoms with Crippen LogP contribution in [0.25, 0.3) is 0 Å². The highest BCUT2D eigenvalue weighted by Gasteiger charge is 2.31. The number of piperidine rings is 1. The average molecular weight is 251 g/mol. The summed E-state index contributed by atoms with van der Waals surface area (Å²) in [5.74, 6) is 0. The quantitative estimate of drug-likeness (QED) is 0.756. The summed E-state index contributed by atoms with van der Waals surface area (Å²) >= 11 is 0. The normalized spacial score (nSPS) is 17.4. The molecule has 0 radical (unpaired) electrons. The van der Waals surface area contributed by atoms with Crippen molar-refractivity contribution in [2.45, 2.75) is 45.6 Å². The molecule has 1 rings (SSSR count). The van der Waals surface area contributed by atoms with E-state index in [1.807, 2.05) is 20.8 Å². The summed E-state index contributed by atoms with van der Waals surface area (Å²) in [6.07, 6.45) is 2.01. The molecule has 0 aliphatic carbocycles. The molecular formula is C13H21N3O2. The van der Waals surface area contributed by atoms with Crippen molar-refractivity contribution in [1.82, 2.24) is 5.32 Å². The van der Waals surface area contributed by atoms with Gasteiger partial charge in [-0.1, -0.05) is 0 Å². The maximum absolute atomic E-state index is 9.60. The van der Waals surface area contributed by atoms with Crippen LogP contribution in [-0.2, 0) is 9.53 Å². The first-order chi connectivity index (χ1) is 8.39. The van der Waals surface area contributed by atoms with Crippen LogP contribution in [0.2, 0.25) is 0 Å². The number of carbonyl (C=O) groups excluding carboxylic acids is 1. The van der Waals surface area contributed by atoms with E-state index in [2.05, 4.69) is 22.2 Å². The van der Waals surface area contributed by atoms with E-state index in [1.165, 1.54) is 0 Å². The van der Waals surface area contributed by atoms with Crippen LogP contribution < -0.4 is 5.32 Å². The molecule has 0 aromatic heterocycles. The van der Waals surface area contributed by atoms with Gasteiger partial charge in [-0.15, -0.1) is 0 Å². The Morgan fingerprint density at radius 3 is 2.17 bits per heavy atom. The summed E-state index contributed by atoms with van der Waals surface area (Å²) in [5.41, 5.74) is -0.665. The third-order valence-corrected chi connectivity index (χ3v) is 2.62. The van der Waals surface area contributed by atoms with E-state index in [9.17, 15) is 4.79 Å². The van der Waals surface area contributed by atoms with Crippen LogP contribution in [-0.4, -0.2) is 25.2 Å². The number of nitriles is 2. The van der Waals surface area contributed by atoms with Crippen molar-refractivity contribution in [3.8, 4) is 12.1 Å². The number of carbonyl (C=O) groups is 1. The topological polar surface area (TPSA) is 85.9 Å². The molecule has 0 aromatic rings. The largest absolute Gasteiger partial charge is 0.462 e. The summed E-state index contributed by atoms with van der Waals surface area (Å²) < 4.78 is 4.55. The Kier molecular flexibility index (Phi) is 7.00. The average Bonchev–Trinajstić information content (AvgIpc) is 2.30. The molecule has 5 nitrogen and oxygen atoms in total. The lowest BCUT2D eigenvalue weighted by molar-refractivity contribution is -0.138. The predicted molar refractivity (Wildman–Crippen MR) is 67.3 cm³/mol. The molecular weight excluding hydrogens is 230 g/mol. The monoisotopic (exact) mass is 251 g/mol. The van der Waals surface area contributed by atoms with Crippen molar-refractivity contribution < 1.29 is 9.53 Å². The van der Waals surface area contributed by atoms with Crippen LogP contribution in [0.1, 0.15) is 40.0 Å². The first-order valence-corrected chi connectivity index (χ1v) is 5.99. The second-order valence-electron chi connectivity index (χ2n) is 5.30. The number of hydrogen-bond acceptors (Lipinski definition) is 5. The molecule has 0 amide bonds. The standard InChI is InChI=1S/C8H11N3.C5H10O2/c9-4-1-8(7-10)2-5-11-6-3-8;1-5(2,3)7-4-6/h11H,1-3,5-6H2;4H,1-3H3. The molecule has 5 heteroatoms. The minimum Gasteiger partial charge on any atom is -0.462 e. The van der Waals surface area contributed by atoms with Crippen LogP contribution in [0.4, 0.5) is 0 Å². The highest BCUT2D eigenvalue weighted by atomic mass is 16.5. The predicted octanol–water partition coefficient (Wildman–Crippen LogP) is 1.75. The van der Waals surface area contributed by atoms with E-state index < -0.39 is 0 Å². The van der Waals surface area contributed by atoms with Crippen molar-refractivity contribution in [3.63, 3.8) is 0 Å². The van der Waals surface area contributed by atoms with Gasteiger partial charge in [0, 0.05) is 0 Å². The second kappa shape index (κ2) is 7.68. The first kappa shape index (κ1) is 16.4. The van der Waals surface area contributed by atoms with Gasteiger partial charge < -0.3 is 10.1 Å². The first-order valence-electron chi connectivity index (χ1n) is 5.99. The maximum atomic E-state index is 9.60. The van der Waals surface area contributed by atoms with E-state index in [0.717, 1.165) is 25.9 Å². The van der Waals surface area contributed by atoms with E-state index in [-0.39, 0.29) is 11.0 Å². The molecule has 1 heterocycles. The Bertz CT molecular complexity index is 328. The van der Waals surface area contributed by atoms with Crippen molar-refractivity contribution >= 4 is 6.47 Å². The lowest BCUT2D eigenvalue weighted by Crippen LogP contribution is -2.35. The van der Waals surface area contributed by atoms with Crippen LogP contribution in [0, 0.1) is 28.1 Å². The van der Waals surface area contributed by atoms with Gasteiger partial charge in [0.1, 0.15) is 5.60 Å². The van der Waals surface area contributed by atoms with Crippen LogP contribution in [0.3, 0.4) is 0 Å². The van der Waals surface area contributed by atoms with Crippen LogP contribution in [0.5, 0.6) is 0 Å². The van der Waals surface area contributed by atoms with E-state index in [4.69, 9.17) is 10.5 Å². The lowest BCUT2D eigenvalue weighted by Gasteiger charge is -2.28. The molecule has 100 valence electrons. The van der Waals surface area contributed by atoms with Gasteiger partial charge in [0.2, 0.25) is 0 Å². The zero-order valence-corrected chi connectivity index (χ0v) is 11.3. The van der Waals surface area contributed by atoms with Crippen molar-refractivity contribution in [2.75, 3.05) is 13.1 Å². The molecule has 1 aliphatic heterocycles. The van der Waals surface area contributed by atoms with Crippen molar-refractivity contribution in [3.05, 3.63) is 0 Å². The molecule has 1 fully saturated rings. The zero-order valence-electron chi connectivity index (χ0n) is 11.3. The molecule has 0 spiro atoms. The van der Waals surface area contributed by atoms with Gasteiger partial charge in [-0.3, -0.25) is 4.79 Å². The lowest BCUT2D eigenvalue weighted by atomic mass is 9.78. The zero-order chi connectivity index (χ0) is 14.1. The third-order valence-electron chi connectivity index (χ3n) is 2.62. The van der Waals surface area contributed by atoms with Gasteiger partial charge in [0.05, 0.1) is 24.0 Å². The summed E-state index contributed by atoms with van der Waals surface area (Å²) in [7, 11) is 0. The Labute approximate surface area is 109 Å². The molecule has 0 atom stereocenters. The van der Waals surface area contributed by atoms with E-state index >= 15 is 0 Å². The van der Waals surface area contributed by atoms with Crippen LogP contribution in [0.15, 0.2) is 0 Å². The fourth-order valence-corrected chi connectivity index (χ4v) is 1.53. The maximum Gasteiger partial charge on any atom is 0.293 e. The Balaban J connectivity index is 0.000000360. The summed E-state index contributed by atoms with van der Waals surface area (Å²) in [6, 6.07) is 4.33. The number of rotatable bonds is 2. The van der Waals surface area contributed by atoms with E-state index in [0.29, 0.717) is 12.9 Å². The Hall–Kier alpha value is -1.59. The third kappa shape index (κ3) is 6.88. The smallest absolute Gasteiger partial charge is 0.293 e. The number of hydrogen-bond donors (Lipinski definition) is 1. The number of nitrogens with one attached hydrogen (secondary N) is 1. The second-order valence-corrected chi connectivity index (χ2v) is 5.30. The molecule has 0 saturated carbocycles. The van der Waals surface area contributed by atoms with Crippen molar-refractivity contribution in [1.29, 1.82) is 10.5 Å². The fraction of sp³-hybridized carbons (Fsp3) is 0.769. The van der Waals surface area contributed by atoms with Gasteiger partial charge >= 0.3 is 0 Å². The Morgan fingerprint density at radius 1 is 1.33 bits per heavy atom. The molecule has 0 bridgehead atoms. The van der Waals surface area contributed by atoms with Crippen molar-refractivity contribution in [2.24, 2.45) is 5.41 Å². The van der Waals surface area contributed by atoms with E-state index in [1.54, 1.807) is 0 Å². The summed E-state index contributed by atoms with van der Waals surface area (Å²) in [6.45, 7) is 7.66. The molecule has 1 N–H and O–H groups in total. The van der Waals surface area contributed by atoms with Gasteiger partial charge in [0.25, 0.3) is 6.47 Å². The molecule has 1 aliphatic rings. The van der Waals surface area contributed by atoms with Gasteiger partial charge in [-0.25, -0.2) is 0 Å². The number of ether oxygens (including phenoxy) is 1. The van der Waals surface area contributed by atoms with Gasteiger partial charge in [-0.05, 0) is 46.7 Å². The fourth-order valence-electron chi connectivity index (χ4n) is 1.53. The molecule has 18 heavy (non-hydrogen) atoms. The SMILES string of the molecule is CC(C)(C)OC=O.N#CCC1(C#N)CCNCC1. The minimum atomic E-state index is -0.347. The molecule has 0 aromatic carbocycles. The number of nitrogens with zero attached hydrogens (tertiary/aromatic N) is 2. The summed E-state index contributed by atoms with van der Waals surface area (Å²) in [5, 5.41) is 20.5. The van der Waals surface area contributed by atoms with Crippen LogP contribution >= 0.6 is 0 Å². The Morgan fingerprint density at radius 2 is 1.89 bits per heavy atom. The highest BCUT2D eigenvalue weighted by Crippen LogP contribution is 2.30. The molecule has 1 saturated heterocycles. The minimum absolute atomic E-state index is 0.318. The summed E-state index contributed by atoms with van der Waals surface area (Å²) in [4.78, 5) is 9.60.